The van der Waals surface area contributed by atoms with Crippen LogP contribution in [0.2, 0.25) is 0 Å². The number of nitrogens with zero attached hydrogens (tertiary/aromatic N) is 1. The summed E-state index contributed by atoms with van der Waals surface area (Å²) in [7, 11) is 0. The van der Waals surface area contributed by atoms with Gasteiger partial charge in [-0.3, -0.25) is 0 Å². The predicted molar refractivity (Wildman–Crippen MR) is 92.2 cm³/mol. The lowest BCUT2D eigenvalue weighted by Crippen LogP contribution is -2.31. The van der Waals surface area contributed by atoms with Crippen LogP contribution < -0.4 is 5.32 Å². The molecule has 2 unspecified atom stereocenters. The van der Waals surface area contributed by atoms with Gasteiger partial charge in [0.25, 0.3) is 0 Å². The van der Waals surface area contributed by atoms with Crippen LogP contribution in [0.4, 0.5) is 4.39 Å². The summed E-state index contributed by atoms with van der Waals surface area (Å²) < 4.78 is 18.5. The second kappa shape index (κ2) is 7.25. The number of halogens is 1. The van der Waals surface area contributed by atoms with E-state index in [-0.39, 0.29) is 11.9 Å². The molecule has 0 saturated heterocycles. The van der Waals surface area contributed by atoms with Crippen LogP contribution in [0.25, 0.3) is 10.8 Å². The zero-order valence-electron chi connectivity index (χ0n) is 13.5. The maximum absolute atomic E-state index is 13.0. The highest BCUT2D eigenvalue weighted by molar-refractivity contribution is 7.14. The maximum Gasteiger partial charge on any atom is 0.162 e. The van der Waals surface area contributed by atoms with Gasteiger partial charge < -0.3 is 14.8 Å². The van der Waals surface area contributed by atoms with E-state index < -0.39 is 6.10 Å². The van der Waals surface area contributed by atoms with E-state index in [0.717, 1.165) is 21.4 Å². The molecule has 6 heteroatoms. The third kappa shape index (κ3) is 3.90. The molecular weight excluding hydrogens is 327 g/mol. The first-order valence-corrected chi connectivity index (χ1v) is 8.53. The Morgan fingerprint density at radius 3 is 2.67 bits per heavy atom. The van der Waals surface area contributed by atoms with Crippen LogP contribution in [0.1, 0.15) is 29.2 Å². The minimum atomic E-state index is -0.703. The Labute approximate surface area is 144 Å². The Morgan fingerprint density at radius 2 is 2.00 bits per heavy atom. The number of rotatable bonds is 6. The fourth-order valence-electron chi connectivity index (χ4n) is 2.37. The number of benzene rings is 1. The first-order chi connectivity index (χ1) is 11.5. The van der Waals surface area contributed by atoms with Crippen LogP contribution in [0.5, 0.6) is 0 Å². The number of aryl methyl sites for hydroxylation is 1. The largest absolute Gasteiger partial charge is 0.459 e. The molecule has 0 radical (unpaired) electrons. The predicted octanol–water partition coefficient (Wildman–Crippen LogP) is 4.06. The second-order valence-electron chi connectivity index (χ2n) is 5.71. The summed E-state index contributed by atoms with van der Waals surface area (Å²) in [6.45, 7) is 4.39. The van der Waals surface area contributed by atoms with Crippen molar-refractivity contribution in [3.8, 4) is 10.8 Å². The summed E-state index contributed by atoms with van der Waals surface area (Å²) >= 11 is 1.55. The van der Waals surface area contributed by atoms with Gasteiger partial charge in [-0.1, -0.05) is 12.1 Å². The first-order valence-electron chi connectivity index (χ1n) is 7.71. The van der Waals surface area contributed by atoms with Gasteiger partial charge in [-0.05, 0) is 43.7 Å². The average molecular weight is 346 g/mol. The molecule has 2 N–H and O–H groups in total. The summed E-state index contributed by atoms with van der Waals surface area (Å²) in [6.07, 6.45) is 1.10. The highest BCUT2D eigenvalue weighted by atomic mass is 32.1. The van der Waals surface area contributed by atoms with Crippen LogP contribution >= 0.6 is 11.3 Å². The molecule has 2 heterocycles. The molecule has 0 spiro atoms. The van der Waals surface area contributed by atoms with Crippen molar-refractivity contribution in [2.75, 3.05) is 0 Å². The van der Waals surface area contributed by atoms with Gasteiger partial charge in [0.1, 0.15) is 11.6 Å². The quantitative estimate of drug-likeness (QED) is 0.707. The third-order valence-electron chi connectivity index (χ3n) is 3.79. The molecule has 0 aliphatic rings. The molecule has 24 heavy (non-hydrogen) atoms. The van der Waals surface area contributed by atoms with Gasteiger partial charge in [0.05, 0.1) is 6.10 Å². The van der Waals surface area contributed by atoms with E-state index in [1.165, 1.54) is 12.1 Å². The maximum atomic E-state index is 13.0. The van der Waals surface area contributed by atoms with E-state index in [1.54, 1.807) is 23.5 Å². The molecule has 0 saturated carbocycles. The molecule has 0 aliphatic heterocycles. The lowest BCUT2D eigenvalue weighted by Gasteiger charge is -2.20. The Balaban J connectivity index is 1.59. The van der Waals surface area contributed by atoms with E-state index >= 15 is 0 Å². The van der Waals surface area contributed by atoms with Gasteiger partial charge in [0, 0.05) is 23.7 Å². The molecular formula is C18H19FN2O2S. The number of aliphatic hydroxyl groups excluding tert-OH is 1. The van der Waals surface area contributed by atoms with Crippen molar-refractivity contribution >= 4 is 11.3 Å². The fourth-order valence-corrected chi connectivity index (χ4v) is 3.20. The molecule has 126 valence electrons. The number of aliphatic hydroxyl groups is 1. The lowest BCUT2D eigenvalue weighted by molar-refractivity contribution is 0.135. The molecule has 4 nitrogen and oxygen atoms in total. The highest BCUT2D eigenvalue weighted by Crippen LogP contribution is 2.27. The van der Waals surface area contributed by atoms with Crippen molar-refractivity contribution in [2.24, 2.45) is 0 Å². The van der Waals surface area contributed by atoms with E-state index in [1.807, 2.05) is 32.2 Å². The van der Waals surface area contributed by atoms with Crippen LogP contribution in [-0.4, -0.2) is 16.1 Å². The Kier molecular flexibility index (Phi) is 5.08. The molecule has 0 bridgehead atoms. The molecule has 2 atom stereocenters. The van der Waals surface area contributed by atoms with Gasteiger partial charge in [-0.2, -0.15) is 0 Å². The van der Waals surface area contributed by atoms with Gasteiger partial charge in [0.15, 0.2) is 10.8 Å². The summed E-state index contributed by atoms with van der Waals surface area (Å²) in [6, 6.07) is 9.55. The van der Waals surface area contributed by atoms with Crippen LogP contribution in [0.15, 0.2) is 47.0 Å². The normalized spacial score (nSPS) is 13.8. The molecule has 3 rings (SSSR count). The van der Waals surface area contributed by atoms with Gasteiger partial charge in [0.2, 0.25) is 0 Å². The third-order valence-corrected chi connectivity index (χ3v) is 4.80. The summed E-state index contributed by atoms with van der Waals surface area (Å²) in [4.78, 5) is 5.42. The highest BCUT2D eigenvalue weighted by Gasteiger charge is 2.16. The standard InChI is InChI=1S/C18H19FN2O2S/c1-11-3-8-16(23-11)18-21-10-15(24-18)9-20-12(2)17(22)13-4-6-14(19)7-5-13/h3-8,10,12,17,20,22H,9H2,1-2H3. The average Bonchev–Trinajstić information content (AvgIpc) is 3.21. The van der Waals surface area contributed by atoms with Gasteiger partial charge >= 0.3 is 0 Å². The summed E-state index contributed by atoms with van der Waals surface area (Å²) in [5.41, 5.74) is 0.687. The Bertz CT molecular complexity index is 797. The lowest BCUT2D eigenvalue weighted by atomic mass is 10.0. The number of thiazole rings is 1. The summed E-state index contributed by atoms with van der Waals surface area (Å²) in [5.74, 6) is 1.32. The number of nitrogens with one attached hydrogen (secondary N) is 1. The molecule has 0 amide bonds. The minimum Gasteiger partial charge on any atom is -0.459 e. The van der Waals surface area contributed by atoms with E-state index in [9.17, 15) is 9.50 Å². The van der Waals surface area contributed by atoms with Gasteiger partial charge in [-0.15, -0.1) is 11.3 Å². The van der Waals surface area contributed by atoms with Crippen molar-refractivity contribution in [2.45, 2.75) is 32.5 Å². The van der Waals surface area contributed by atoms with Crippen molar-refractivity contribution in [3.05, 3.63) is 64.6 Å². The molecule has 0 aliphatic carbocycles. The SMILES string of the molecule is Cc1ccc(-c2ncc(CNC(C)C(O)c3ccc(F)cc3)s2)o1. The fraction of sp³-hybridized carbons (Fsp3) is 0.278. The van der Waals surface area contributed by atoms with Crippen LogP contribution in [0, 0.1) is 12.7 Å². The van der Waals surface area contributed by atoms with E-state index in [2.05, 4.69) is 10.3 Å². The summed E-state index contributed by atoms with van der Waals surface area (Å²) in [5, 5.41) is 14.4. The first kappa shape index (κ1) is 16.8. The van der Waals surface area contributed by atoms with Crippen molar-refractivity contribution in [3.63, 3.8) is 0 Å². The van der Waals surface area contributed by atoms with Crippen LogP contribution in [-0.2, 0) is 6.54 Å². The number of furan rings is 1. The smallest absolute Gasteiger partial charge is 0.162 e. The van der Waals surface area contributed by atoms with Crippen molar-refractivity contribution in [1.82, 2.24) is 10.3 Å². The Morgan fingerprint density at radius 1 is 1.25 bits per heavy atom. The zero-order valence-corrected chi connectivity index (χ0v) is 14.3. The molecule has 1 aromatic carbocycles. The van der Waals surface area contributed by atoms with Crippen molar-refractivity contribution < 1.29 is 13.9 Å². The van der Waals surface area contributed by atoms with E-state index in [4.69, 9.17) is 4.42 Å². The van der Waals surface area contributed by atoms with Crippen molar-refractivity contribution in [1.29, 1.82) is 0 Å². The molecule has 2 aromatic heterocycles. The number of aromatic nitrogens is 1. The topological polar surface area (TPSA) is 58.3 Å². The number of hydrogen-bond donors (Lipinski definition) is 2. The minimum absolute atomic E-state index is 0.174. The molecule has 0 fully saturated rings. The van der Waals surface area contributed by atoms with Gasteiger partial charge in [-0.25, -0.2) is 9.37 Å². The zero-order chi connectivity index (χ0) is 17.1. The van der Waals surface area contributed by atoms with E-state index in [0.29, 0.717) is 12.1 Å². The monoisotopic (exact) mass is 346 g/mol. The Hall–Kier alpha value is -2.02. The van der Waals surface area contributed by atoms with Crippen LogP contribution in [0.3, 0.4) is 0 Å². The second-order valence-corrected chi connectivity index (χ2v) is 6.82. The number of hydrogen-bond acceptors (Lipinski definition) is 5. The molecule has 3 aromatic rings.